The van der Waals surface area contributed by atoms with Gasteiger partial charge >= 0.3 is 6.09 Å². The molecule has 1 unspecified atom stereocenters. The van der Waals surface area contributed by atoms with E-state index in [2.05, 4.69) is 26.1 Å². The van der Waals surface area contributed by atoms with Gasteiger partial charge in [-0.2, -0.15) is 0 Å². The summed E-state index contributed by atoms with van der Waals surface area (Å²) in [5.41, 5.74) is 1.35. The first-order valence-electron chi connectivity index (χ1n) is 8.78. The number of phenols is 1. The van der Waals surface area contributed by atoms with Crippen LogP contribution >= 0.6 is 0 Å². The number of amides is 2. The van der Waals surface area contributed by atoms with Gasteiger partial charge in [0, 0.05) is 13.1 Å². The van der Waals surface area contributed by atoms with Crippen molar-refractivity contribution in [1.29, 1.82) is 0 Å². The van der Waals surface area contributed by atoms with E-state index in [0.29, 0.717) is 31.8 Å². The summed E-state index contributed by atoms with van der Waals surface area (Å²) in [7, 11) is 0. The Morgan fingerprint density at radius 2 is 2.08 bits per heavy atom. The summed E-state index contributed by atoms with van der Waals surface area (Å²) in [4.78, 5) is 26.0. The zero-order valence-corrected chi connectivity index (χ0v) is 15.5. The molecule has 0 aliphatic carbocycles. The number of hydrogen-bond acceptors (Lipinski definition) is 4. The van der Waals surface area contributed by atoms with E-state index in [1.165, 1.54) is 0 Å². The predicted molar refractivity (Wildman–Crippen MR) is 96.8 cm³/mol. The smallest absolute Gasteiger partial charge is 0.409 e. The van der Waals surface area contributed by atoms with Crippen LogP contribution in [0, 0.1) is 5.92 Å². The summed E-state index contributed by atoms with van der Waals surface area (Å²) in [6.07, 6.45) is 1.09. The van der Waals surface area contributed by atoms with Gasteiger partial charge in [-0.1, -0.05) is 26.8 Å². The van der Waals surface area contributed by atoms with E-state index < -0.39 is 0 Å². The van der Waals surface area contributed by atoms with Gasteiger partial charge in [0.2, 0.25) is 5.91 Å². The summed E-state index contributed by atoms with van der Waals surface area (Å²) in [6, 6.07) is 5.26. The third-order valence-electron chi connectivity index (χ3n) is 4.44. The van der Waals surface area contributed by atoms with Crippen LogP contribution in [0.25, 0.3) is 0 Å². The maximum Gasteiger partial charge on any atom is 0.409 e. The summed E-state index contributed by atoms with van der Waals surface area (Å²) in [6.45, 7) is 9.24. The van der Waals surface area contributed by atoms with Gasteiger partial charge in [-0.05, 0) is 42.9 Å². The fourth-order valence-electron chi connectivity index (χ4n) is 2.91. The van der Waals surface area contributed by atoms with Crippen LogP contribution < -0.4 is 5.32 Å². The van der Waals surface area contributed by atoms with E-state index in [0.717, 1.165) is 12.0 Å². The van der Waals surface area contributed by atoms with Crippen molar-refractivity contribution in [2.45, 2.75) is 46.0 Å². The lowest BCUT2D eigenvalue weighted by molar-refractivity contribution is -0.121. The topological polar surface area (TPSA) is 78.9 Å². The number of nitrogens with zero attached hydrogens (tertiary/aromatic N) is 1. The Bertz CT molecular complexity index is 637. The molecule has 6 heteroatoms. The monoisotopic (exact) mass is 348 g/mol. The van der Waals surface area contributed by atoms with E-state index in [4.69, 9.17) is 4.74 Å². The summed E-state index contributed by atoms with van der Waals surface area (Å²) < 4.78 is 5.02. The first-order chi connectivity index (χ1) is 11.7. The zero-order chi connectivity index (χ0) is 18.6. The van der Waals surface area contributed by atoms with Crippen molar-refractivity contribution in [3.05, 3.63) is 23.8 Å². The van der Waals surface area contributed by atoms with E-state index in [1.54, 1.807) is 24.0 Å². The van der Waals surface area contributed by atoms with Gasteiger partial charge in [-0.25, -0.2) is 4.79 Å². The highest BCUT2D eigenvalue weighted by molar-refractivity contribution is 5.94. The van der Waals surface area contributed by atoms with E-state index >= 15 is 0 Å². The number of likely N-dealkylation sites (tertiary alicyclic amines) is 1. The molecular weight excluding hydrogens is 320 g/mol. The number of phenolic OH excluding ortho intramolecular Hbond substituents is 1. The minimum atomic E-state index is -0.377. The van der Waals surface area contributed by atoms with Crippen molar-refractivity contribution in [3.8, 4) is 5.75 Å². The molecule has 1 aromatic rings. The molecule has 2 N–H and O–H groups in total. The fourth-order valence-corrected chi connectivity index (χ4v) is 2.91. The van der Waals surface area contributed by atoms with E-state index in [-0.39, 0.29) is 29.1 Å². The Kier molecular flexibility index (Phi) is 5.93. The van der Waals surface area contributed by atoms with Gasteiger partial charge < -0.3 is 20.1 Å². The number of aromatic hydroxyl groups is 1. The average Bonchev–Trinajstić information content (AvgIpc) is 2.56. The number of ether oxygens (including phenoxy) is 1. The maximum absolute atomic E-state index is 12.6. The van der Waals surface area contributed by atoms with Crippen LogP contribution in [0.5, 0.6) is 5.75 Å². The standard InChI is InChI=1S/C19H28N2O4/c1-5-25-18(24)21-10-6-7-13(12-21)17(23)20-15-11-14(19(2,3)4)8-9-16(15)22/h8-9,11,13,22H,5-7,10,12H2,1-4H3,(H,20,23). The van der Waals surface area contributed by atoms with Crippen molar-refractivity contribution in [3.63, 3.8) is 0 Å². The number of hydrogen-bond donors (Lipinski definition) is 2. The molecule has 2 amide bonds. The minimum absolute atomic E-state index is 0.0411. The molecule has 0 saturated carbocycles. The van der Waals surface area contributed by atoms with Gasteiger partial charge in [0.25, 0.3) is 0 Å². The second kappa shape index (κ2) is 7.76. The predicted octanol–water partition coefficient (Wildman–Crippen LogP) is 3.50. The largest absolute Gasteiger partial charge is 0.506 e. The van der Waals surface area contributed by atoms with Gasteiger partial charge in [-0.3, -0.25) is 4.79 Å². The van der Waals surface area contributed by atoms with Crippen molar-refractivity contribution in [1.82, 2.24) is 4.90 Å². The third-order valence-corrected chi connectivity index (χ3v) is 4.44. The van der Waals surface area contributed by atoms with Crippen molar-refractivity contribution < 1.29 is 19.4 Å². The Labute approximate surface area is 149 Å². The van der Waals surface area contributed by atoms with Crippen LogP contribution in [0.15, 0.2) is 18.2 Å². The molecule has 25 heavy (non-hydrogen) atoms. The number of carbonyl (C=O) groups excluding carboxylic acids is 2. The van der Waals surface area contributed by atoms with Crippen LogP contribution in [0.3, 0.4) is 0 Å². The van der Waals surface area contributed by atoms with Crippen LogP contribution in [-0.4, -0.2) is 41.7 Å². The molecule has 1 atom stereocenters. The summed E-state index contributed by atoms with van der Waals surface area (Å²) in [5.74, 6) is -0.453. The van der Waals surface area contributed by atoms with Crippen LogP contribution in [0.4, 0.5) is 10.5 Å². The van der Waals surface area contributed by atoms with Crippen molar-refractivity contribution in [2.75, 3.05) is 25.0 Å². The van der Waals surface area contributed by atoms with Crippen LogP contribution in [0.2, 0.25) is 0 Å². The number of anilines is 1. The molecule has 0 spiro atoms. The van der Waals surface area contributed by atoms with Crippen LogP contribution in [0.1, 0.15) is 46.1 Å². The molecule has 1 aliphatic heterocycles. The van der Waals surface area contributed by atoms with Crippen molar-refractivity contribution in [2.24, 2.45) is 5.92 Å². The quantitative estimate of drug-likeness (QED) is 0.820. The van der Waals surface area contributed by atoms with Crippen molar-refractivity contribution >= 4 is 17.7 Å². The Hall–Kier alpha value is -2.24. The Morgan fingerprint density at radius 1 is 1.36 bits per heavy atom. The second-order valence-corrected chi connectivity index (χ2v) is 7.46. The highest BCUT2D eigenvalue weighted by Gasteiger charge is 2.29. The van der Waals surface area contributed by atoms with Gasteiger partial charge in [0.1, 0.15) is 5.75 Å². The number of benzene rings is 1. The minimum Gasteiger partial charge on any atom is -0.506 e. The fraction of sp³-hybridized carbons (Fsp3) is 0.579. The molecule has 2 rings (SSSR count). The van der Waals surface area contributed by atoms with Gasteiger partial charge in [0.05, 0.1) is 18.2 Å². The highest BCUT2D eigenvalue weighted by atomic mass is 16.6. The lowest BCUT2D eigenvalue weighted by atomic mass is 9.86. The van der Waals surface area contributed by atoms with E-state index in [1.807, 2.05) is 6.07 Å². The molecule has 1 heterocycles. The first-order valence-corrected chi connectivity index (χ1v) is 8.78. The molecule has 0 bridgehead atoms. The summed E-state index contributed by atoms with van der Waals surface area (Å²) in [5, 5.41) is 12.9. The van der Waals surface area contributed by atoms with Gasteiger partial charge in [-0.15, -0.1) is 0 Å². The molecule has 138 valence electrons. The Morgan fingerprint density at radius 3 is 2.72 bits per heavy atom. The molecule has 1 aromatic carbocycles. The average molecular weight is 348 g/mol. The van der Waals surface area contributed by atoms with Crippen LogP contribution in [-0.2, 0) is 14.9 Å². The van der Waals surface area contributed by atoms with E-state index in [9.17, 15) is 14.7 Å². The lowest BCUT2D eigenvalue weighted by Crippen LogP contribution is -2.44. The number of nitrogens with one attached hydrogen (secondary N) is 1. The number of carbonyl (C=O) groups is 2. The third kappa shape index (κ3) is 4.87. The number of rotatable bonds is 3. The molecule has 1 aliphatic rings. The highest BCUT2D eigenvalue weighted by Crippen LogP contribution is 2.31. The second-order valence-electron chi connectivity index (χ2n) is 7.46. The summed E-state index contributed by atoms with van der Waals surface area (Å²) >= 11 is 0. The molecule has 0 aromatic heterocycles. The Balaban J connectivity index is 2.08. The van der Waals surface area contributed by atoms with Gasteiger partial charge in [0.15, 0.2) is 0 Å². The maximum atomic E-state index is 12.6. The molecule has 1 saturated heterocycles. The lowest BCUT2D eigenvalue weighted by Gasteiger charge is -2.31. The first kappa shape index (κ1) is 19.1. The molecule has 6 nitrogen and oxygen atoms in total. The zero-order valence-electron chi connectivity index (χ0n) is 15.5. The molecular formula is C19H28N2O4. The number of piperidine rings is 1. The SMILES string of the molecule is CCOC(=O)N1CCCC(C(=O)Nc2cc(C(C)(C)C)ccc2O)C1. The normalized spacial score (nSPS) is 17.9. The molecule has 1 fully saturated rings. The molecule has 0 radical (unpaired) electrons.